The number of anilines is 1. The lowest BCUT2D eigenvalue weighted by Gasteiger charge is -2.24. The molecule has 2 aliphatic rings. The third-order valence-corrected chi connectivity index (χ3v) is 3.51. The minimum absolute atomic E-state index is 0.307. The van der Waals surface area contributed by atoms with Crippen LogP contribution in [0.1, 0.15) is 18.4 Å². The normalized spacial score (nSPS) is 27.6. The number of hydrogen-bond donors (Lipinski definition) is 1. The SMILES string of the molecule is O=C(O)C1CCC2Cc3ccccc3N21. The van der Waals surface area contributed by atoms with Crippen molar-refractivity contribution >= 4 is 11.7 Å². The Balaban J connectivity index is 2.03. The zero-order valence-corrected chi connectivity index (χ0v) is 8.39. The topological polar surface area (TPSA) is 40.5 Å². The van der Waals surface area contributed by atoms with Crippen molar-refractivity contribution in [3.05, 3.63) is 29.8 Å². The molecule has 1 N–H and O–H groups in total. The van der Waals surface area contributed by atoms with Gasteiger partial charge in [-0.1, -0.05) is 18.2 Å². The second kappa shape index (κ2) is 2.99. The van der Waals surface area contributed by atoms with Gasteiger partial charge in [0.2, 0.25) is 0 Å². The Kier molecular flexibility index (Phi) is 1.75. The molecule has 1 aromatic rings. The number of benzene rings is 1. The quantitative estimate of drug-likeness (QED) is 0.754. The first-order chi connectivity index (χ1) is 7.27. The maximum atomic E-state index is 11.1. The Labute approximate surface area is 88.3 Å². The first-order valence-corrected chi connectivity index (χ1v) is 5.36. The summed E-state index contributed by atoms with van der Waals surface area (Å²) >= 11 is 0. The summed E-state index contributed by atoms with van der Waals surface area (Å²) in [6.07, 6.45) is 2.81. The van der Waals surface area contributed by atoms with Crippen LogP contribution in [0.15, 0.2) is 24.3 Å². The van der Waals surface area contributed by atoms with Gasteiger partial charge in [-0.25, -0.2) is 4.79 Å². The molecule has 2 aliphatic heterocycles. The van der Waals surface area contributed by atoms with Crippen LogP contribution in [0, 0.1) is 0 Å². The van der Waals surface area contributed by atoms with E-state index < -0.39 is 5.97 Å². The highest BCUT2D eigenvalue weighted by Gasteiger charge is 2.42. The van der Waals surface area contributed by atoms with Crippen LogP contribution in [0.3, 0.4) is 0 Å². The van der Waals surface area contributed by atoms with E-state index in [2.05, 4.69) is 11.0 Å². The number of carboxylic acids is 1. The van der Waals surface area contributed by atoms with Crippen molar-refractivity contribution in [3.63, 3.8) is 0 Å². The number of carboxylic acid groups (broad SMARTS) is 1. The summed E-state index contributed by atoms with van der Waals surface area (Å²) in [5.74, 6) is -0.686. The van der Waals surface area contributed by atoms with Crippen molar-refractivity contribution in [2.75, 3.05) is 4.90 Å². The van der Waals surface area contributed by atoms with Gasteiger partial charge in [0.15, 0.2) is 0 Å². The van der Waals surface area contributed by atoms with Crippen LogP contribution in [-0.2, 0) is 11.2 Å². The molecule has 2 atom stereocenters. The van der Waals surface area contributed by atoms with E-state index in [0.29, 0.717) is 6.04 Å². The van der Waals surface area contributed by atoms with Gasteiger partial charge in [-0.15, -0.1) is 0 Å². The smallest absolute Gasteiger partial charge is 0.326 e. The number of para-hydroxylation sites is 1. The van der Waals surface area contributed by atoms with Gasteiger partial charge >= 0.3 is 5.97 Å². The van der Waals surface area contributed by atoms with Crippen LogP contribution in [0.5, 0.6) is 0 Å². The second-order valence-electron chi connectivity index (χ2n) is 4.33. The highest BCUT2D eigenvalue weighted by Crippen LogP contribution is 2.40. The number of hydrogen-bond acceptors (Lipinski definition) is 2. The number of rotatable bonds is 1. The van der Waals surface area contributed by atoms with Crippen molar-refractivity contribution < 1.29 is 9.90 Å². The molecule has 0 bridgehead atoms. The number of aliphatic carboxylic acids is 1. The zero-order chi connectivity index (χ0) is 10.4. The highest BCUT2D eigenvalue weighted by atomic mass is 16.4. The van der Waals surface area contributed by atoms with Crippen LogP contribution in [0.2, 0.25) is 0 Å². The average Bonchev–Trinajstić information content (AvgIpc) is 2.74. The maximum absolute atomic E-state index is 11.1. The summed E-state index contributed by atoms with van der Waals surface area (Å²) in [6, 6.07) is 8.26. The van der Waals surface area contributed by atoms with Crippen LogP contribution in [0.4, 0.5) is 5.69 Å². The van der Waals surface area contributed by atoms with Crippen LogP contribution in [0.25, 0.3) is 0 Å². The van der Waals surface area contributed by atoms with Gasteiger partial charge in [0.05, 0.1) is 0 Å². The van der Waals surface area contributed by atoms with Crippen molar-refractivity contribution in [1.29, 1.82) is 0 Å². The second-order valence-corrected chi connectivity index (χ2v) is 4.33. The fourth-order valence-electron chi connectivity index (χ4n) is 2.88. The molecule has 3 heteroatoms. The maximum Gasteiger partial charge on any atom is 0.326 e. The molecule has 0 radical (unpaired) electrons. The van der Waals surface area contributed by atoms with Crippen molar-refractivity contribution in [2.24, 2.45) is 0 Å². The van der Waals surface area contributed by atoms with E-state index in [1.165, 1.54) is 5.56 Å². The van der Waals surface area contributed by atoms with Crippen LogP contribution < -0.4 is 4.90 Å². The van der Waals surface area contributed by atoms with Crippen molar-refractivity contribution in [3.8, 4) is 0 Å². The zero-order valence-electron chi connectivity index (χ0n) is 8.39. The van der Waals surface area contributed by atoms with E-state index in [1.54, 1.807) is 0 Å². The Morgan fingerprint density at radius 3 is 2.93 bits per heavy atom. The molecule has 2 unspecified atom stereocenters. The van der Waals surface area contributed by atoms with Gasteiger partial charge in [-0.3, -0.25) is 0 Å². The molecule has 1 fully saturated rings. The van der Waals surface area contributed by atoms with E-state index in [9.17, 15) is 4.79 Å². The molecule has 2 heterocycles. The predicted molar refractivity (Wildman–Crippen MR) is 57.1 cm³/mol. The average molecular weight is 203 g/mol. The number of carbonyl (C=O) groups is 1. The van der Waals surface area contributed by atoms with Gasteiger partial charge in [0.25, 0.3) is 0 Å². The Morgan fingerprint density at radius 1 is 1.33 bits per heavy atom. The summed E-state index contributed by atoms with van der Waals surface area (Å²) in [4.78, 5) is 13.2. The standard InChI is InChI=1S/C12H13NO2/c14-12(15)11-6-5-9-7-8-3-1-2-4-10(8)13(9)11/h1-4,9,11H,5-7H2,(H,14,15). The molecule has 1 saturated heterocycles. The first kappa shape index (κ1) is 8.77. The van der Waals surface area contributed by atoms with Crippen molar-refractivity contribution in [2.45, 2.75) is 31.3 Å². The molecular formula is C12H13NO2. The molecule has 0 aromatic heterocycles. The number of fused-ring (bicyclic) bond motifs is 3. The van der Waals surface area contributed by atoms with E-state index >= 15 is 0 Å². The van der Waals surface area contributed by atoms with Gasteiger partial charge in [-0.05, 0) is 30.9 Å². The Hall–Kier alpha value is -1.51. The van der Waals surface area contributed by atoms with Crippen LogP contribution in [-0.4, -0.2) is 23.2 Å². The van der Waals surface area contributed by atoms with E-state index in [4.69, 9.17) is 5.11 Å². The molecule has 3 rings (SSSR count). The number of nitrogens with zero attached hydrogens (tertiary/aromatic N) is 1. The van der Waals surface area contributed by atoms with Crippen molar-refractivity contribution in [1.82, 2.24) is 0 Å². The van der Waals surface area contributed by atoms with Crippen LogP contribution >= 0.6 is 0 Å². The fraction of sp³-hybridized carbons (Fsp3) is 0.417. The Bertz CT molecular complexity index is 416. The molecule has 78 valence electrons. The molecule has 0 spiro atoms. The molecular weight excluding hydrogens is 190 g/mol. The largest absolute Gasteiger partial charge is 0.480 e. The molecule has 15 heavy (non-hydrogen) atoms. The molecule has 1 aromatic carbocycles. The highest BCUT2D eigenvalue weighted by molar-refractivity contribution is 5.81. The minimum atomic E-state index is -0.686. The Morgan fingerprint density at radius 2 is 2.13 bits per heavy atom. The van der Waals surface area contributed by atoms with Gasteiger partial charge in [0, 0.05) is 11.7 Å². The lowest BCUT2D eigenvalue weighted by Crippen LogP contribution is -2.38. The third-order valence-electron chi connectivity index (χ3n) is 3.51. The third kappa shape index (κ3) is 1.16. The molecule has 0 amide bonds. The molecule has 3 nitrogen and oxygen atoms in total. The van der Waals surface area contributed by atoms with Gasteiger partial charge < -0.3 is 10.0 Å². The molecule has 0 aliphatic carbocycles. The summed E-state index contributed by atoms with van der Waals surface area (Å²) in [5.41, 5.74) is 2.43. The monoisotopic (exact) mass is 203 g/mol. The lowest BCUT2D eigenvalue weighted by atomic mass is 10.1. The van der Waals surface area contributed by atoms with Gasteiger partial charge in [0.1, 0.15) is 6.04 Å². The summed E-state index contributed by atoms with van der Waals surface area (Å²) in [5, 5.41) is 9.14. The first-order valence-electron chi connectivity index (χ1n) is 5.36. The lowest BCUT2D eigenvalue weighted by molar-refractivity contribution is -0.138. The minimum Gasteiger partial charge on any atom is -0.480 e. The fourth-order valence-corrected chi connectivity index (χ4v) is 2.88. The predicted octanol–water partition coefficient (Wildman–Crippen LogP) is 1.66. The summed E-state index contributed by atoms with van der Waals surface area (Å²) in [6.45, 7) is 0. The summed E-state index contributed by atoms with van der Waals surface area (Å²) in [7, 11) is 0. The van der Waals surface area contributed by atoms with Gasteiger partial charge in [-0.2, -0.15) is 0 Å². The van der Waals surface area contributed by atoms with E-state index in [0.717, 1.165) is 24.9 Å². The molecule has 0 saturated carbocycles. The van der Waals surface area contributed by atoms with E-state index in [-0.39, 0.29) is 6.04 Å². The summed E-state index contributed by atoms with van der Waals surface area (Å²) < 4.78 is 0. The van der Waals surface area contributed by atoms with E-state index in [1.807, 2.05) is 18.2 Å².